The number of aromatic nitrogens is 1. The monoisotopic (exact) mass is 204 g/mol. The number of pyridine rings is 1. The molecule has 0 atom stereocenters. The minimum Gasteiger partial charge on any atom is -0.327 e. The molecule has 0 aliphatic carbocycles. The van der Waals surface area contributed by atoms with Crippen LogP contribution in [0.15, 0.2) is 29.2 Å². The zero-order valence-corrected chi connectivity index (χ0v) is 7.80. The second kappa shape index (κ2) is 3.17. The molecule has 14 heavy (non-hydrogen) atoms. The van der Waals surface area contributed by atoms with E-state index in [1.54, 1.807) is 18.2 Å². The molecule has 1 aromatic heterocycles. The van der Waals surface area contributed by atoms with Gasteiger partial charge in [-0.3, -0.25) is 4.79 Å². The van der Waals surface area contributed by atoms with Crippen LogP contribution in [-0.2, 0) is 0 Å². The highest BCUT2D eigenvalue weighted by Crippen LogP contribution is 2.18. The number of hydrogen-bond donors (Lipinski definition) is 1. The highest BCUT2D eigenvalue weighted by atomic mass is 35.5. The molecule has 0 bridgehead atoms. The number of nitriles is 1. The van der Waals surface area contributed by atoms with Crippen molar-refractivity contribution in [3.8, 4) is 6.07 Å². The molecular weight excluding hydrogens is 200 g/mol. The van der Waals surface area contributed by atoms with E-state index in [1.165, 1.54) is 6.20 Å². The van der Waals surface area contributed by atoms with Gasteiger partial charge in [-0.05, 0) is 18.2 Å². The molecule has 0 saturated heterocycles. The van der Waals surface area contributed by atoms with Crippen LogP contribution in [0.25, 0.3) is 10.8 Å². The second-order valence-electron chi connectivity index (χ2n) is 2.83. The molecule has 3 nitrogen and oxygen atoms in total. The lowest BCUT2D eigenvalue weighted by atomic mass is 10.1. The molecule has 0 spiro atoms. The Bertz CT molecular complexity index is 595. The molecule has 0 unspecified atom stereocenters. The molecule has 0 saturated carbocycles. The van der Waals surface area contributed by atoms with Gasteiger partial charge in [-0.1, -0.05) is 11.6 Å². The SMILES string of the molecule is N#Cc1c[nH]c(=O)c2ccc(Cl)cc12. The highest BCUT2D eigenvalue weighted by molar-refractivity contribution is 6.31. The minimum atomic E-state index is -0.212. The molecule has 1 heterocycles. The lowest BCUT2D eigenvalue weighted by Crippen LogP contribution is -2.05. The second-order valence-corrected chi connectivity index (χ2v) is 3.27. The van der Waals surface area contributed by atoms with E-state index < -0.39 is 0 Å². The van der Waals surface area contributed by atoms with E-state index in [0.717, 1.165) is 0 Å². The van der Waals surface area contributed by atoms with Crippen LogP contribution in [0.4, 0.5) is 0 Å². The minimum absolute atomic E-state index is 0.212. The van der Waals surface area contributed by atoms with Gasteiger partial charge in [0.05, 0.1) is 5.56 Å². The number of fused-ring (bicyclic) bond motifs is 1. The summed E-state index contributed by atoms with van der Waals surface area (Å²) in [6.07, 6.45) is 1.39. The molecule has 0 aliphatic heterocycles. The average Bonchev–Trinajstić information content (AvgIpc) is 2.18. The van der Waals surface area contributed by atoms with Crippen molar-refractivity contribution in [1.29, 1.82) is 5.26 Å². The van der Waals surface area contributed by atoms with Crippen LogP contribution < -0.4 is 5.56 Å². The number of H-pyrrole nitrogens is 1. The maximum Gasteiger partial charge on any atom is 0.255 e. The summed E-state index contributed by atoms with van der Waals surface area (Å²) in [6.45, 7) is 0. The topological polar surface area (TPSA) is 56.6 Å². The van der Waals surface area contributed by atoms with Crippen LogP contribution in [0, 0.1) is 11.3 Å². The van der Waals surface area contributed by atoms with Crippen molar-refractivity contribution < 1.29 is 0 Å². The Hall–Kier alpha value is -1.79. The molecule has 0 radical (unpaired) electrons. The maximum absolute atomic E-state index is 11.4. The normalized spacial score (nSPS) is 10.0. The number of halogens is 1. The van der Waals surface area contributed by atoms with Crippen LogP contribution in [-0.4, -0.2) is 4.98 Å². The van der Waals surface area contributed by atoms with Gasteiger partial charge in [0.2, 0.25) is 0 Å². The summed E-state index contributed by atoms with van der Waals surface area (Å²) in [6, 6.07) is 6.85. The smallest absolute Gasteiger partial charge is 0.255 e. The van der Waals surface area contributed by atoms with Crippen LogP contribution in [0.2, 0.25) is 5.02 Å². The van der Waals surface area contributed by atoms with Crippen molar-refractivity contribution in [3.63, 3.8) is 0 Å². The van der Waals surface area contributed by atoms with Crippen molar-refractivity contribution in [3.05, 3.63) is 45.3 Å². The molecule has 1 aromatic carbocycles. The molecule has 0 aliphatic rings. The van der Waals surface area contributed by atoms with Gasteiger partial charge in [0.15, 0.2) is 0 Å². The Morgan fingerprint density at radius 2 is 2.14 bits per heavy atom. The van der Waals surface area contributed by atoms with Gasteiger partial charge in [0.25, 0.3) is 5.56 Å². The van der Waals surface area contributed by atoms with E-state index in [9.17, 15) is 4.79 Å². The van der Waals surface area contributed by atoms with Crippen molar-refractivity contribution in [2.24, 2.45) is 0 Å². The van der Waals surface area contributed by atoms with Gasteiger partial charge >= 0.3 is 0 Å². The Kier molecular flexibility index (Phi) is 1.99. The molecule has 0 fully saturated rings. The summed E-state index contributed by atoms with van der Waals surface area (Å²) < 4.78 is 0. The Balaban J connectivity index is 3.02. The summed E-state index contributed by atoms with van der Waals surface area (Å²) in [4.78, 5) is 13.8. The molecule has 2 aromatic rings. The van der Waals surface area contributed by atoms with Crippen LogP contribution in [0.3, 0.4) is 0 Å². The van der Waals surface area contributed by atoms with Crippen LogP contribution >= 0.6 is 11.6 Å². The summed E-state index contributed by atoms with van der Waals surface area (Å²) in [7, 11) is 0. The van der Waals surface area contributed by atoms with Crippen LogP contribution in [0.5, 0.6) is 0 Å². The summed E-state index contributed by atoms with van der Waals surface area (Å²) >= 11 is 5.78. The highest BCUT2D eigenvalue weighted by Gasteiger charge is 2.04. The molecule has 68 valence electrons. The third kappa shape index (κ3) is 1.26. The summed E-state index contributed by atoms with van der Waals surface area (Å²) in [5, 5.41) is 10.4. The number of aromatic amines is 1. The number of benzene rings is 1. The lowest BCUT2D eigenvalue weighted by Gasteiger charge is -1.98. The molecule has 4 heteroatoms. The third-order valence-corrected chi connectivity index (χ3v) is 2.22. The lowest BCUT2D eigenvalue weighted by molar-refractivity contribution is 1.26. The van der Waals surface area contributed by atoms with Gasteiger partial charge in [0, 0.05) is 22.0 Å². The van der Waals surface area contributed by atoms with Gasteiger partial charge in [-0.25, -0.2) is 0 Å². The van der Waals surface area contributed by atoms with Crippen molar-refractivity contribution in [1.82, 2.24) is 4.98 Å². The molecule has 2 rings (SSSR count). The first-order valence-corrected chi connectivity index (χ1v) is 4.31. The van der Waals surface area contributed by atoms with E-state index in [2.05, 4.69) is 4.98 Å². The van der Waals surface area contributed by atoms with Gasteiger partial charge in [0.1, 0.15) is 6.07 Å². The number of nitrogens with zero attached hydrogens (tertiary/aromatic N) is 1. The largest absolute Gasteiger partial charge is 0.327 e. The quantitative estimate of drug-likeness (QED) is 0.714. The Morgan fingerprint density at radius 1 is 1.36 bits per heavy atom. The van der Waals surface area contributed by atoms with Crippen molar-refractivity contribution in [2.75, 3.05) is 0 Å². The van der Waals surface area contributed by atoms with E-state index in [1.807, 2.05) is 6.07 Å². The van der Waals surface area contributed by atoms with E-state index in [0.29, 0.717) is 21.4 Å². The average molecular weight is 205 g/mol. The number of nitrogens with one attached hydrogen (secondary N) is 1. The van der Waals surface area contributed by atoms with E-state index >= 15 is 0 Å². The predicted octanol–water partition coefficient (Wildman–Crippen LogP) is 2.05. The fourth-order valence-electron chi connectivity index (χ4n) is 1.32. The first kappa shape index (κ1) is 8.79. The van der Waals surface area contributed by atoms with Crippen molar-refractivity contribution in [2.45, 2.75) is 0 Å². The standard InChI is InChI=1S/C10H5ClN2O/c11-7-1-2-8-9(3-7)6(4-12)5-13-10(8)14/h1-3,5H,(H,13,14). The zero-order valence-electron chi connectivity index (χ0n) is 7.04. The molecular formula is C10H5ClN2O. The Labute approximate surface area is 84.6 Å². The third-order valence-electron chi connectivity index (χ3n) is 1.98. The van der Waals surface area contributed by atoms with Gasteiger partial charge in [-0.15, -0.1) is 0 Å². The first-order valence-electron chi connectivity index (χ1n) is 3.93. The summed E-state index contributed by atoms with van der Waals surface area (Å²) in [5.41, 5.74) is 0.206. The molecule has 0 amide bonds. The van der Waals surface area contributed by atoms with E-state index in [-0.39, 0.29) is 5.56 Å². The predicted molar refractivity (Wildman–Crippen MR) is 54.3 cm³/mol. The van der Waals surface area contributed by atoms with Gasteiger partial charge < -0.3 is 4.98 Å². The maximum atomic E-state index is 11.4. The van der Waals surface area contributed by atoms with E-state index in [4.69, 9.17) is 16.9 Å². The summed E-state index contributed by atoms with van der Waals surface area (Å²) in [5.74, 6) is 0. The fraction of sp³-hybridized carbons (Fsp3) is 0. The zero-order chi connectivity index (χ0) is 10.1. The first-order chi connectivity index (χ1) is 6.72. The fourth-order valence-corrected chi connectivity index (χ4v) is 1.50. The number of rotatable bonds is 0. The van der Waals surface area contributed by atoms with Crippen molar-refractivity contribution >= 4 is 22.4 Å². The van der Waals surface area contributed by atoms with Crippen LogP contribution in [0.1, 0.15) is 5.56 Å². The Morgan fingerprint density at radius 3 is 2.86 bits per heavy atom. The molecule has 1 N–H and O–H groups in total. The van der Waals surface area contributed by atoms with Gasteiger partial charge in [-0.2, -0.15) is 5.26 Å². The number of hydrogen-bond acceptors (Lipinski definition) is 2.